The quantitative estimate of drug-likeness (QED) is 0.323. The van der Waals surface area contributed by atoms with Crippen LogP contribution in [0.4, 0.5) is 10.2 Å². The number of carbonyl (C=O) groups excluding carboxylic acids is 1. The molecule has 0 bridgehead atoms. The molecule has 6 nitrogen and oxygen atoms in total. The summed E-state index contributed by atoms with van der Waals surface area (Å²) >= 11 is 24.5. The van der Waals surface area contributed by atoms with E-state index in [4.69, 9.17) is 46.4 Å². The van der Waals surface area contributed by atoms with Crippen LogP contribution in [-0.2, 0) is 13.1 Å². The molecule has 2 aliphatic rings. The van der Waals surface area contributed by atoms with E-state index in [1.54, 1.807) is 36.5 Å². The second-order valence-corrected chi connectivity index (χ2v) is 12.0. The largest absolute Gasteiger partial charge is 0.353 e. The van der Waals surface area contributed by atoms with Gasteiger partial charge in [0.2, 0.25) is 0 Å². The van der Waals surface area contributed by atoms with Crippen molar-refractivity contribution in [3.63, 3.8) is 0 Å². The molecule has 40 heavy (non-hydrogen) atoms. The van der Waals surface area contributed by atoms with E-state index in [0.717, 1.165) is 69.8 Å². The molecule has 0 unspecified atom stereocenters. The van der Waals surface area contributed by atoms with Gasteiger partial charge in [-0.05, 0) is 73.5 Å². The van der Waals surface area contributed by atoms with Gasteiger partial charge in [-0.2, -0.15) is 0 Å². The monoisotopic (exact) mass is 623 g/mol. The zero-order chi connectivity index (χ0) is 28.2. The summed E-state index contributed by atoms with van der Waals surface area (Å²) in [7, 11) is 0. The average molecular weight is 625 g/mol. The van der Waals surface area contributed by atoms with Gasteiger partial charge < -0.3 is 10.2 Å². The van der Waals surface area contributed by atoms with E-state index >= 15 is 0 Å². The minimum absolute atomic E-state index is 0.163. The maximum absolute atomic E-state index is 13.8. The third-order valence-corrected chi connectivity index (χ3v) is 8.56. The Morgan fingerprint density at radius 3 is 2.23 bits per heavy atom. The average Bonchev–Trinajstić information content (AvgIpc) is 2.94. The standard InChI is InChI=1S/C29H30Cl4FN5O/c30-22-11-20(12-23(31)15-22)16-36-29(40)21-14-26(33)28(35-17-21)39-9-7-38(8-10-39)24-3-5-37(6-4-24)18-19-1-2-25(32)27(34)13-19/h1-2,11-15,17,24H,3-10,16,18H2,(H,36,40). The first-order valence-corrected chi connectivity index (χ1v) is 14.8. The Labute approximate surface area is 254 Å². The van der Waals surface area contributed by atoms with E-state index in [1.165, 1.54) is 6.07 Å². The molecule has 1 N–H and O–H groups in total. The highest BCUT2D eigenvalue weighted by molar-refractivity contribution is 6.34. The summed E-state index contributed by atoms with van der Waals surface area (Å²) in [6.07, 6.45) is 3.73. The molecule has 1 amide bonds. The molecular formula is C29H30Cl4FN5O. The third-order valence-electron chi connectivity index (χ3n) is 7.54. The third kappa shape index (κ3) is 7.38. The van der Waals surface area contributed by atoms with Crippen molar-refractivity contribution in [3.8, 4) is 0 Å². The Hall–Kier alpha value is -2.13. The molecule has 0 atom stereocenters. The van der Waals surface area contributed by atoms with Crippen LogP contribution < -0.4 is 10.2 Å². The number of amides is 1. The summed E-state index contributed by atoms with van der Waals surface area (Å²) in [5.41, 5.74) is 2.16. The molecule has 212 valence electrons. The van der Waals surface area contributed by atoms with Gasteiger partial charge in [0.25, 0.3) is 5.91 Å². The zero-order valence-corrected chi connectivity index (χ0v) is 24.9. The lowest BCUT2D eigenvalue weighted by Gasteiger charge is -2.43. The van der Waals surface area contributed by atoms with Crippen molar-refractivity contribution >= 4 is 58.1 Å². The fraction of sp³-hybridized carbons (Fsp3) is 0.379. The van der Waals surface area contributed by atoms with E-state index in [1.807, 2.05) is 6.07 Å². The molecule has 1 aromatic heterocycles. The number of carbonyl (C=O) groups is 1. The first kappa shape index (κ1) is 29.4. The second-order valence-electron chi connectivity index (χ2n) is 10.3. The number of anilines is 1. The highest BCUT2D eigenvalue weighted by Gasteiger charge is 2.28. The van der Waals surface area contributed by atoms with Crippen LogP contribution in [0, 0.1) is 5.82 Å². The molecule has 0 spiro atoms. The van der Waals surface area contributed by atoms with Crippen LogP contribution in [0.25, 0.3) is 0 Å². The number of halogens is 5. The van der Waals surface area contributed by atoms with Gasteiger partial charge in [0.05, 0.1) is 15.6 Å². The Bertz CT molecular complexity index is 1340. The van der Waals surface area contributed by atoms with Crippen LogP contribution >= 0.6 is 46.4 Å². The molecule has 2 fully saturated rings. The predicted octanol–water partition coefficient (Wildman–Crippen LogP) is 6.55. The summed E-state index contributed by atoms with van der Waals surface area (Å²) in [5.74, 6) is 0.0675. The molecular weight excluding hydrogens is 595 g/mol. The number of pyridine rings is 1. The van der Waals surface area contributed by atoms with E-state index in [9.17, 15) is 9.18 Å². The summed E-state index contributed by atoms with van der Waals surface area (Å²) in [5, 5.41) is 4.51. The minimum atomic E-state index is -0.362. The number of piperidine rings is 1. The van der Waals surface area contributed by atoms with Crippen molar-refractivity contribution < 1.29 is 9.18 Å². The van der Waals surface area contributed by atoms with Gasteiger partial charge >= 0.3 is 0 Å². The van der Waals surface area contributed by atoms with Crippen molar-refractivity contribution in [3.05, 3.63) is 91.3 Å². The zero-order valence-electron chi connectivity index (χ0n) is 21.9. The van der Waals surface area contributed by atoms with Gasteiger partial charge in [0.1, 0.15) is 11.6 Å². The lowest BCUT2D eigenvalue weighted by Crippen LogP contribution is -2.53. The number of benzene rings is 2. The highest BCUT2D eigenvalue weighted by Crippen LogP contribution is 2.27. The van der Waals surface area contributed by atoms with E-state index < -0.39 is 0 Å². The van der Waals surface area contributed by atoms with Gasteiger partial charge in [-0.3, -0.25) is 14.6 Å². The summed E-state index contributed by atoms with van der Waals surface area (Å²) in [6, 6.07) is 12.4. The van der Waals surface area contributed by atoms with Gasteiger partial charge in [-0.15, -0.1) is 0 Å². The van der Waals surface area contributed by atoms with Gasteiger partial charge in [-0.1, -0.05) is 52.5 Å². The van der Waals surface area contributed by atoms with Crippen LogP contribution in [0.5, 0.6) is 0 Å². The molecule has 2 aromatic carbocycles. The maximum Gasteiger partial charge on any atom is 0.253 e. The lowest BCUT2D eigenvalue weighted by atomic mass is 10.0. The Morgan fingerprint density at radius 1 is 0.875 bits per heavy atom. The highest BCUT2D eigenvalue weighted by atomic mass is 35.5. The normalized spacial score (nSPS) is 17.3. The fourth-order valence-electron chi connectivity index (χ4n) is 5.42. The smallest absolute Gasteiger partial charge is 0.253 e. The van der Waals surface area contributed by atoms with Crippen LogP contribution in [-0.4, -0.2) is 66.0 Å². The van der Waals surface area contributed by atoms with Crippen LogP contribution in [0.1, 0.15) is 34.3 Å². The number of rotatable bonds is 7. The second kappa shape index (κ2) is 13.2. The van der Waals surface area contributed by atoms with Crippen molar-refractivity contribution in [1.82, 2.24) is 20.1 Å². The summed E-state index contributed by atoms with van der Waals surface area (Å²) < 4.78 is 13.8. The van der Waals surface area contributed by atoms with Crippen LogP contribution in [0.2, 0.25) is 20.1 Å². The van der Waals surface area contributed by atoms with E-state index in [0.29, 0.717) is 39.0 Å². The number of likely N-dealkylation sites (tertiary alicyclic amines) is 1. The van der Waals surface area contributed by atoms with Crippen molar-refractivity contribution in [2.75, 3.05) is 44.2 Å². The lowest BCUT2D eigenvalue weighted by molar-refractivity contribution is 0.0950. The molecule has 2 aliphatic heterocycles. The predicted molar refractivity (Wildman–Crippen MR) is 160 cm³/mol. The number of aromatic nitrogens is 1. The SMILES string of the molecule is O=C(NCc1cc(Cl)cc(Cl)c1)c1cnc(N2CCN(C3CCN(Cc4ccc(Cl)c(F)c4)CC3)CC2)c(Cl)c1. The Morgan fingerprint density at radius 2 is 1.57 bits per heavy atom. The van der Waals surface area contributed by atoms with Crippen LogP contribution in [0.15, 0.2) is 48.7 Å². The Kier molecular flexibility index (Phi) is 9.72. The maximum atomic E-state index is 13.8. The molecule has 11 heteroatoms. The first-order valence-electron chi connectivity index (χ1n) is 13.3. The number of piperazine rings is 1. The van der Waals surface area contributed by atoms with E-state index in [-0.39, 0.29) is 16.7 Å². The topological polar surface area (TPSA) is 51.7 Å². The Balaban J connectivity index is 1.09. The summed E-state index contributed by atoms with van der Waals surface area (Å²) in [6.45, 7) is 6.48. The molecule has 0 radical (unpaired) electrons. The van der Waals surface area contributed by atoms with Crippen molar-refractivity contribution in [2.45, 2.75) is 32.0 Å². The van der Waals surface area contributed by atoms with E-state index in [2.05, 4.69) is 25.0 Å². The molecule has 0 aliphatic carbocycles. The van der Waals surface area contributed by atoms with Gasteiger partial charge in [0, 0.05) is 61.6 Å². The van der Waals surface area contributed by atoms with Crippen LogP contribution in [0.3, 0.4) is 0 Å². The van der Waals surface area contributed by atoms with Crippen molar-refractivity contribution in [1.29, 1.82) is 0 Å². The number of hydrogen-bond donors (Lipinski definition) is 1. The molecule has 3 aromatic rings. The first-order chi connectivity index (χ1) is 19.2. The number of hydrogen-bond acceptors (Lipinski definition) is 5. The van der Waals surface area contributed by atoms with Crippen molar-refractivity contribution in [2.24, 2.45) is 0 Å². The molecule has 0 saturated carbocycles. The minimum Gasteiger partial charge on any atom is -0.353 e. The number of nitrogens with zero attached hydrogens (tertiary/aromatic N) is 4. The molecule has 3 heterocycles. The molecule has 2 saturated heterocycles. The van der Waals surface area contributed by atoms with Gasteiger partial charge in [0.15, 0.2) is 0 Å². The van der Waals surface area contributed by atoms with Gasteiger partial charge in [-0.25, -0.2) is 9.37 Å². The molecule has 5 rings (SSSR count). The number of nitrogens with one attached hydrogen (secondary N) is 1. The fourth-order valence-corrected chi connectivity index (χ4v) is 6.40. The summed E-state index contributed by atoms with van der Waals surface area (Å²) in [4.78, 5) is 24.3.